The van der Waals surface area contributed by atoms with E-state index in [0.717, 1.165) is 24.3 Å². The van der Waals surface area contributed by atoms with Crippen LogP contribution in [0.5, 0.6) is 0 Å². The van der Waals surface area contributed by atoms with Crippen molar-refractivity contribution < 1.29 is 5.21 Å². The van der Waals surface area contributed by atoms with Gasteiger partial charge in [0, 0.05) is 30.9 Å². The van der Waals surface area contributed by atoms with E-state index in [0.29, 0.717) is 6.04 Å². The summed E-state index contributed by atoms with van der Waals surface area (Å²) >= 11 is 0. The normalized spacial score (nSPS) is 20.0. The summed E-state index contributed by atoms with van der Waals surface area (Å²) < 4.78 is 0. The monoisotopic (exact) mass is 290 g/mol. The zero-order valence-corrected chi connectivity index (χ0v) is 13.2. The highest BCUT2D eigenvalue weighted by molar-refractivity contribution is 6.02. The SMILES string of the molecule is CCN1CCCC1CN(C)c1cc(C)ccc1C(N)=NO. The molecular weight excluding hydrogens is 264 g/mol. The molecular formula is C16H26N4O. The molecule has 0 aliphatic carbocycles. The minimum atomic E-state index is 0.163. The van der Waals surface area contributed by atoms with Gasteiger partial charge in [0.2, 0.25) is 0 Å². The first-order chi connectivity index (χ1) is 10.1. The Labute approximate surface area is 127 Å². The lowest BCUT2D eigenvalue weighted by Crippen LogP contribution is -2.39. The highest BCUT2D eigenvalue weighted by Crippen LogP contribution is 2.24. The van der Waals surface area contributed by atoms with Crippen LogP contribution >= 0.6 is 0 Å². The molecule has 5 nitrogen and oxygen atoms in total. The lowest BCUT2D eigenvalue weighted by atomic mass is 10.1. The fourth-order valence-electron chi connectivity index (χ4n) is 3.16. The molecule has 1 aromatic carbocycles. The lowest BCUT2D eigenvalue weighted by molar-refractivity contribution is 0.270. The second-order valence-corrected chi connectivity index (χ2v) is 5.81. The minimum absolute atomic E-state index is 0.163. The summed E-state index contributed by atoms with van der Waals surface area (Å²) in [6.45, 7) is 7.52. The van der Waals surface area contributed by atoms with Gasteiger partial charge in [0.25, 0.3) is 0 Å². The van der Waals surface area contributed by atoms with E-state index in [1.165, 1.54) is 24.9 Å². The summed E-state index contributed by atoms with van der Waals surface area (Å²) in [6.07, 6.45) is 2.51. The summed E-state index contributed by atoms with van der Waals surface area (Å²) in [6, 6.07) is 6.58. The molecule has 5 heteroatoms. The van der Waals surface area contributed by atoms with Crippen LogP contribution in [0.25, 0.3) is 0 Å². The second kappa shape index (κ2) is 6.80. The molecule has 0 aromatic heterocycles. The van der Waals surface area contributed by atoms with E-state index in [-0.39, 0.29) is 5.84 Å². The van der Waals surface area contributed by atoms with Crippen LogP contribution in [0.2, 0.25) is 0 Å². The van der Waals surface area contributed by atoms with Crippen LogP contribution in [0.15, 0.2) is 23.4 Å². The molecule has 0 bridgehead atoms. The lowest BCUT2D eigenvalue weighted by Gasteiger charge is -2.30. The standard InChI is InChI=1S/C16H26N4O/c1-4-20-9-5-6-13(20)11-19(3)15-10-12(2)7-8-14(15)16(17)18-21/h7-8,10,13,21H,4-6,9,11H2,1-3H3,(H2,17,18). The van der Waals surface area contributed by atoms with Gasteiger partial charge < -0.3 is 15.8 Å². The molecule has 1 saturated heterocycles. The molecule has 3 N–H and O–H groups in total. The van der Waals surface area contributed by atoms with Gasteiger partial charge in [0.05, 0.1) is 0 Å². The summed E-state index contributed by atoms with van der Waals surface area (Å²) in [5, 5.41) is 12.1. The maximum absolute atomic E-state index is 8.96. The van der Waals surface area contributed by atoms with Crippen LogP contribution in [0.4, 0.5) is 5.69 Å². The van der Waals surface area contributed by atoms with Crippen molar-refractivity contribution in [1.29, 1.82) is 0 Å². The van der Waals surface area contributed by atoms with E-state index >= 15 is 0 Å². The number of nitrogens with zero attached hydrogens (tertiary/aromatic N) is 3. The highest BCUT2D eigenvalue weighted by Gasteiger charge is 2.25. The molecule has 116 valence electrons. The van der Waals surface area contributed by atoms with Crippen LogP contribution in [-0.4, -0.2) is 48.7 Å². The molecule has 1 unspecified atom stereocenters. The predicted octanol–water partition coefficient (Wildman–Crippen LogP) is 2.01. The summed E-state index contributed by atoms with van der Waals surface area (Å²) in [4.78, 5) is 4.74. The first kappa shape index (κ1) is 15.6. The molecule has 21 heavy (non-hydrogen) atoms. The third-order valence-electron chi connectivity index (χ3n) is 4.34. The van der Waals surface area contributed by atoms with E-state index in [4.69, 9.17) is 10.9 Å². The van der Waals surface area contributed by atoms with Gasteiger partial charge in [-0.05, 0) is 50.6 Å². The number of oxime groups is 1. The number of amidine groups is 1. The van der Waals surface area contributed by atoms with Crippen molar-refractivity contribution in [3.05, 3.63) is 29.3 Å². The Morgan fingerprint density at radius 1 is 1.52 bits per heavy atom. The fourth-order valence-corrected chi connectivity index (χ4v) is 3.16. The third-order valence-corrected chi connectivity index (χ3v) is 4.34. The van der Waals surface area contributed by atoms with Crippen molar-refractivity contribution in [1.82, 2.24) is 4.90 Å². The van der Waals surface area contributed by atoms with Crippen molar-refractivity contribution in [2.45, 2.75) is 32.7 Å². The predicted molar refractivity (Wildman–Crippen MR) is 87.2 cm³/mol. The van der Waals surface area contributed by atoms with Gasteiger partial charge in [-0.15, -0.1) is 0 Å². The second-order valence-electron chi connectivity index (χ2n) is 5.81. The average Bonchev–Trinajstić information content (AvgIpc) is 2.93. The van der Waals surface area contributed by atoms with Gasteiger partial charge in [-0.1, -0.05) is 18.1 Å². The number of nitrogens with two attached hydrogens (primary N) is 1. The van der Waals surface area contributed by atoms with Gasteiger partial charge in [0.15, 0.2) is 5.84 Å². The van der Waals surface area contributed by atoms with Crippen molar-refractivity contribution in [3.63, 3.8) is 0 Å². The van der Waals surface area contributed by atoms with Crippen molar-refractivity contribution in [2.24, 2.45) is 10.9 Å². The molecule has 1 atom stereocenters. The van der Waals surface area contributed by atoms with Gasteiger partial charge in [0.1, 0.15) is 0 Å². The summed E-state index contributed by atoms with van der Waals surface area (Å²) in [5.74, 6) is 0.163. The van der Waals surface area contributed by atoms with Gasteiger partial charge in [-0.3, -0.25) is 4.90 Å². The largest absolute Gasteiger partial charge is 0.409 e. The zero-order valence-electron chi connectivity index (χ0n) is 13.2. The zero-order chi connectivity index (χ0) is 15.4. The Bertz CT molecular complexity index is 515. The molecule has 1 fully saturated rings. The number of aryl methyl sites for hydroxylation is 1. The number of benzene rings is 1. The Morgan fingerprint density at radius 3 is 2.95 bits per heavy atom. The van der Waals surface area contributed by atoms with Gasteiger partial charge in [-0.2, -0.15) is 0 Å². The third kappa shape index (κ3) is 3.47. The van der Waals surface area contributed by atoms with Crippen molar-refractivity contribution >= 4 is 11.5 Å². The molecule has 0 amide bonds. The summed E-state index contributed by atoms with van der Waals surface area (Å²) in [5.41, 5.74) is 8.78. The number of rotatable bonds is 5. The smallest absolute Gasteiger partial charge is 0.172 e. The fraction of sp³-hybridized carbons (Fsp3) is 0.562. The number of likely N-dealkylation sites (N-methyl/N-ethyl adjacent to an activating group) is 2. The quantitative estimate of drug-likeness (QED) is 0.377. The van der Waals surface area contributed by atoms with E-state index < -0.39 is 0 Å². The first-order valence-electron chi connectivity index (χ1n) is 7.60. The molecule has 0 radical (unpaired) electrons. The van der Waals surface area contributed by atoms with Gasteiger partial charge in [-0.25, -0.2) is 0 Å². The van der Waals surface area contributed by atoms with Crippen LogP contribution < -0.4 is 10.6 Å². The average molecular weight is 290 g/mol. The summed E-state index contributed by atoms with van der Waals surface area (Å²) in [7, 11) is 2.08. The van der Waals surface area contributed by atoms with Crippen LogP contribution in [0, 0.1) is 6.92 Å². The molecule has 1 aromatic rings. The molecule has 2 rings (SSSR count). The molecule has 0 saturated carbocycles. The molecule has 1 heterocycles. The maximum atomic E-state index is 8.96. The molecule has 0 spiro atoms. The Morgan fingerprint density at radius 2 is 2.29 bits per heavy atom. The van der Waals surface area contributed by atoms with E-state index in [1.807, 2.05) is 12.1 Å². The highest BCUT2D eigenvalue weighted by atomic mass is 16.4. The maximum Gasteiger partial charge on any atom is 0.172 e. The van der Waals surface area contributed by atoms with Crippen molar-refractivity contribution in [3.8, 4) is 0 Å². The number of hydrogen-bond acceptors (Lipinski definition) is 4. The van der Waals surface area contributed by atoms with Gasteiger partial charge >= 0.3 is 0 Å². The number of anilines is 1. The Balaban J connectivity index is 2.22. The van der Waals surface area contributed by atoms with E-state index in [2.05, 4.69) is 41.9 Å². The molecule has 1 aliphatic heterocycles. The Kier molecular flexibility index (Phi) is 5.07. The van der Waals surface area contributed by atoms with Crippen molar-refractivity contribution in [2.75, 3.05) is 31.6 Å². The Hall–Kier alpha value is -1.75. The van der Waals surface area contributed by atoms with E-state index in [9.17, 15) is 0 Å². The minimum Gasteiger partial charge on any atom is -0.409 e. The molecule has 1 aliphatic rings. The van der Waals surface area contributed by atoms with Crippen LogP contribution in [0.3, 0.4) is 0 Å². The number of likely N-dealkylation sites (tertiary alicyclic amines) is 1. The topological polar surface area (TPSA) is 65.1 Å². The number of hydrogen-bond donors (Lipinski definition) is 2. The van der Waals surface area contributed by atoms with E-state index in [1.54, 1.807) is 0 Å². The van der Waals surface area contributed by atoms with Crippen LogP contribution in [-0.2, 0) is 0 Å². The van der Waals surface area contributed by atoms with Crippen LogP contribution in [0.1, 0.15) is 30.9 Å². The first-order valence-corrected chi connectivity index (χ1v) is 7.60.